The SMILES string of the molecule is c1ccc2c(c1)c1ccccc1c1cc(-c3ccc4ccc(-c5ccc6c7ccccc7c7ccccc7c6c5)cc4c3)ccc21. The highest BCUT2D eigenvalue weighted by Crippen LogP contribution is 2.39. The molecule has 0 aliphatic carbocycles. The Hall–Kier alpha value is -5.98. The van der Waals surface area contributed by atoms with E-state index in [9.17, 15) is 0 Å². The predicted molar refractivity (Wildman–Crippen MR) is 200 cm³/mol. The molecule has 0 saturated carbocycles. The summed E-state index contributed by atoms with van der Waals surface area (Å²) in [5, 5.41) is 18.2. The van der Waals surface area contributed by atoms with Crippen LogP contribution in [0.3, 0.4) is 0 Å². The summed E-state index contributed by atoms with van der Waals surface area (Å²) in [4.78, 5) is 0. The highest BCUT2D eigenvalue weighted by atomic mass is 14.2. The van der Waals surface area contributed by atoms with Crippen molar-refractivity contribution in [2.75, 3.05) is 0 Å². The fourth-order valence-electron chi connectivity index (χ4n) is 7.78. The van der Waals surface area contributed by atoms with Gasteiger partial charge in [0, 0.05) is 0 Å². The molecule has 10 aromatic carbocycles. The first-order valence-electron chi connectivity index (χ1n) is 16.0. The Bertz CT molecular complexity index is 2590. The molecule has 0 heterocycles. The standard InChI is InChI=1S/C46H28/c1-3-13-39-35(9-1)37-11-5-7-15-41(37)45-27-32(21-23-43(39)45)30-19-17-29-18-20-31(26-34(29)25-30)33-22-24-44-40-14-4-2-10-36(40)38-12-6-8-16-42(38)46(44)28-33/h1-28H. The van der Waals surface area contributed by atoms with Gasteiger partial charge in [-0.05, 0) is 122 Å². The zero-order valence-corrected chi connectivity index (χ0v) is 25.2. The third kappa shape index (κ3) is 3.74. The van der Waals surface area contributed by atoms with Crippen molar-refractivity contribution in [3.63, 3.8) is 0 Å². The van der Waals surface area contributed by atoms with Crippen molar-refractivity contribution in [1.82, 2.24) is 0 Å². The molecule has 0 aliphatic heterocycles. The molecule has 46 heavy (non-hydrogen) atoms. The molecule has 0 radical (unpaired) electrons. The maximum atomic E-state index is 2.38. The molecule has 0 nitrogen and oxygen atoms in total. The number of hydrogen-bond acceptors (Lipinski definition) is 0. The van der Waals surface area contributed by atoms with Gasteiger partial charge < -0.3 is 0 Å². The Morgan fingerprint density at radius 3 is 0.783 bits per heavy atom. The van der Waals surface area contributed by atoms with Gasteiger partial charge in [-0.25, -0.2) is 0 Å². The third-order valence-corrected chi connectivity index (χ3v) is 10.00. The average molecular weight is 581 g/mol. The van der Waals surface area contributed by atoms with Crippen LogP contribution >= 0.6 is 0 Å². The first-order chi connectivity index (χ1) is 22.8. The van der Waals surface area contributed by atoms with Crippen molar-refractivity contribution in [1.29, 1.82) is 0 Å². The molecule has 0 N–H and O–H groups in total. The van der Waals surface area contributed by atoms with Crippen LogP contribution in [0.2, 0.25) is 0 Å². The molecule has 0 fully saturated rings. The van der Waals surface area contributed by atoms with Crippen LogP contribution in [-0.4, -0.2) is 0 Å². The minimum atomic E-state index is 1.24. The molecule has 0 aromatic heterocycles. The third-order valence-electron chi connectivity index (χ3n) is 10.00. The largest absolute Gasteiger partial charge is 0.0616 e. The summed E-state index contributed by atoms with van der Waals surface area (Å²) >= 11 is 0. The predicted octanol–water partition coefficient (Wildman–Crippen LogP) is 13.1. The van der Waals surface area contributed by atoms with Gasteiger partial charge in [0.2, 0.25) is 0 Å². The minimum absolute atomic E-state index is 1.24. The lowest BCUT2D eigenvalue weighted by Gasteiger charge is -2.13. The smallest absolute Gasteiger partial charge is 0.00928 e. The van der Waals surface area contributed by atoms with Gasteiger partial charge in [0.25, 0.3) is 0 Å². The zero-order chi connectivity index (χ0) is 30.2. The Balaban J connectivity index is 1.13. The van der Waals surface area contributed by atoms with E-state index in [0.29, 0.717) is 0 Å². The number of benzene rings is 10. The summed E-state index contributed by atoms with van der Waals surface area (Å²) in [7, 11) is 0. The van der Waals surface area contributed by atoms with Gasteiger partial charge in [-0.3, -0.25) is 0 Å². The van der Waals surface area contributed by atoms with Crippen molar-refractivity contribution in [2.45, 2.75) is 0 Å². The summed E-state index contributed by atoms with van der Waals surface area (Å²) in [6, 6.07) is 62.9. The van der Waals surface area contributed by atoms with Crippen LogP contribution in [0, 0.1) is 0 Å². The molecule has 0 amide bonds. The first-order valence-corrected chi connectivity index (χ1v) is 16.0. The second kappa shape index (κ2) is 9.76. The van der Waals surface area contributed by atoms with Crippen LogP contribution in [-0.2, 0) is 0 Å². The second-order valence-corrected chi connectivity index (χ2v) is 12.5. The Kier molecular flexibility index (Phi) is 5.38. The van der Waals surface area contributed by atoms with Gasteiger partial charge in [0.05, 0.1) is 0 Å². The molecule has 0 unspecified atom stereocenters. The number of hydrogen-bond donors (Lipinski definition) is 0. The van der Waals surface area contributed by atoms with Crippen molar-refractivity contribution in [3.05, 3.63) is 170 Å². The maximum absolute atomic E-state index is 2.38. The van der Waals surface area contributed by atoms with Crippen molar-refractivity contribution in [2.24, 2.45) is 0 Å². The van der Waals surface area contributed by atoms with Crippen LogP contribution in [0.15, 0.2) is 170 Å². The second-order valence-electron chi connectivity index (χ2n) is 12.5. The molecular weight excluding hydrogens is 553 g/mol. The molecule has 0 bridgehead atoms. The van der Waals surface area contributed by atoms with Crippen molar-refractivity contribution in [3.8, 4) is 22.3 Å². The van der Waals surface area contributed by atoms with Crippen LogP contribution in [0.1, 0.15) is 0 Å². The normalized spacial score (nSPS) is 11.9. The van der Waals surface area contributed by atoms with E-state index < -0.39 is 0 Å². The summed E-state index contributed by atoms with van der Waals surface area (Å²) < 4.78 is 0. The van der Waals surface area contributed by atoms with Gasteiger partial charge in [-0.15, -0.1) is 0 Å². The van der Waals surface area contributed by atoms with E-state index in [4.69, 9.17) is 0 Å². The number of rotatable bonds is 2. The zero-order valence-electron chi connectivity index (χ0n) is 25.2. The van der Waals surface area contributed by atoms with E-state index in [1.165, 1.54) is 97.7 Å². The molecule has 10 aromatic rings. The van der Waals surface area contributed by atoms with Gasteiger partial charge in [-0.1, -0.05) is 146 Å². The first kappa shape index (κ1) is 25.4. The average Bonchev–Trinajstić information content (AvgIpc) is 3.14. The molecular formula is C46H28. The van der Waals surface area contributed by atoms with E-state index in [1.807, 2.05) is 0 Å². The molecule has 0 spiro atoms. The van der Waals surface area contributed by atoms with E-state index in [1.54, 1.807) is 0 Å². The fraction of sp³-hybridized carbons (Fsp3) is 0. The molecule has 0 atom stereocenters. The van der Waals surface area contributed by atoms with Crippen molar-refractivity contribution < 1.29 is 0 Å². The van der Waals surface area contributed by atoms with Crippen LogP contribution in [0.25, 0.3) is 97.7 Å². The molecule has 0 aliphatic rings. The van der Waals surface area contributed by atoms with Gasteiger partial charge in [-0.2, -0.15) is 0 Å². The van der Waals surface area contributed by atoms with Crippen molar-refractivity contribution >= 4 is 75.4 Å². The Morgan fingerprint density at radius 2 is 0.435 bits per heavy atom. The van der Waals surface area contributed by atoms with Crippen LogP contribution in [0.4, 0.5) is 0 Å². The highest BCUT2D eigenvalue weighted by molar-refractivity contribution is 6.27. The summed E-state index contributed by atoms with van der Waals surface area (Å²) in [5.74, 6) is 0. The van der Waals surface area contributed by atoms with E-state index in [2.05, 4.69) is 170 Å². The van der Waals surface area contributed by atoms with Gasteiger partial charge in [0.15, 0.2) is 0 Å². The number of fused-ring (bicyclic) bond motifs is 13. The Morgan fingerprint density at radius 1 is 0.174 bits per heavy atom. The summed E-state index contributed by atoms with van der Waals surface area (Å²) in [5.41, 5.74) is 4.95. The van der Waals surface area contributed by atoms with Gasteiger partial charge >= 0.3 is 0 Å². The fourth-order valence-corrected chi connectivity index (χ4v) is 7.78. The van der Waals surface area contributed by atoms with Gasteiger partial charge in [0.1, 0.15) is 0 Å². The summed E-state index contributed by atoms with van der Waals surface area (Å²) in [6.45, 7) is 0. The lowest BCUT2D eigenvalue weighted by Crippen LogP contribution is -1.86. The van der Waals surface area contributed by atoms with E-state index in [0.717, 1.165) is 0 Å². The van der Waals surface area contributed by atoms with Crippen LogP contribution in [0.5, 0.6) is 0 Å². The monoisotopic (exact) mass is 580 g/mol. The quantitative estimate of drug-likeness (QED) is 0.178. The lowest BCUT2D eigenvalue weighted by atomic mass is 9.91. The van der Waals surface area contributed by atoms with Crippen LogP contribution < -0.4 is 0 Å². The van der Waals surface area contributed by atoms with E-state index in [-0.39, 0.29) is 0 Å². The highest BCUT2D eigenvalue weighted by Gasteiger charge is 2.12. The summed E-state index contributed by atoms with van der Waals surface area (Å²) in [6.07, 6.45) is 0. The molecule has 0 saturated heterocycles. The minimum Gasteiger partial charge on any atom is -0.0616 e. The Labute approximate surface area is 266 Å². The molecule has 212 valence electrons. The molecule has 10 rings (SSSR count). The topological polar surface area (TPSA) is 0 Å². The maximum Gasteiger partial charge on any atom is -0.00928 e. The lowest BCUT2D eigenvalue weighted by molar-refractivity contribution is 1.66. The molecule has 0 heteroatoms. The van der Waals surface area contributed by atoms with E-state index >= 15 is 0 Å².